The fourth-order valence-electron chi connectivity index (χ4n) is 7.59. The molecule has 6 heterocycles. The summed E-state index contributed by atoms with van der Waals surface area (Å²) in [5, 5.41) is 20.3. The third-order valence-corrected chi connectivity index (χ3v) is 9.40. The molecular weight excluding hydrogens is 523 g/mol. The number of hydrogen-bond acceptors (Lipinski definition) is 9. The van der Waals surface area contributed by atoms with Gasteiger partial charge in [-0.2, -0.15) is 9.97 Å². The van der Waals surface area contributed by atoms with E-state index in [0.717, 1.165) is 56.1 Å². The molecule has 4 atom stereocenters. The van der Waals surface area contributed by atoms with Crippen molar-refractivity contribution in [2.45, 2.75) is 55.9 Å². The topological polar surface area (TPSA) is 99.8 Å². The van der Waals surface area contributed by atoms with Crippen molar-refractivity contribution >= 4 is 27.7 Å². The number of phenolic OH excluding ortho intramolecular Hbond substituents is 1. The van der Waals surface area contributed by atoms with E-state index in [0.29, 0.717) is 65.4 Å². The first-order valence-corrected chi connectivity index (χ1v) is 14.4. The van der Waals surface area contributed by atoms with E-state index in [1.807, 2.05) is 18.2 Å². The molecule has 2 N–H and O–H groups in total. The summed E-state index contributed by atoms with van der Waals surface area (Å²) in [5.74, 6) is 3.48. The van der Waals surface area contributed by atoms with Crippen LogP contribution in [0.5, 0.6) is 11.8 Å². The summed E-state index contributed by atoms with van der Waals surface area (Å²) in [6.45, 7) is 3.24. The van der Waals surface area contributed by atoms with Gasteiger partial charge >= 0.3 is 6.01 Å². The Morgan fingerprint density at radius 1 is 1.20 bits per heavy atom. The highest BCUT2D eigenvalue weighted by atomic mass is 19.1. The number of aromatic hydroxyl groups is 1. The van der Waals surface area contributed by atoms with E-state index >= 15 is 0 Å². The molecule has 9 nitrogen and oxygen atoms in total. The quantitative estimate of drug-likeness (QED) is 0.355. The average Bonchev–Trinajstić information content (AvgIpc) is 3.72. The van der Waals surface area contributed by atoms with E-state index in [9.17, 15) is 9.50 Å². The van der Waals surface area contributed by atoms with Gasteiger partial charge in [0.2, 0.25) is 5.58 Å². The van der Waals surface area contributed by atoms with Gasteiger partial charge in [0.1, 0.15) is 29.7 Å². The monoisotopic (exact) mass is 554 g/mol. The first kappa shape index (κ1) is 24.8. The Morgan fingerprint density at radius 3 is 2.88 bits per heavy atom. The summed E-state index contributed by atoms with van der Waals surface area (Å²) in [6, 6.07) is 9.93. The van der Waals surface area contributed by atoms with Crippen LogP contribution in [0.25, 0.3) is 33.1 Å². The van der Waals surface area contributed by atoms with Crippen LogP contribution in [0.2, 0.25) is 0 Å². The summed E-state index contributed by atoms with van der Waals surface area (Å²) in [5.41, 5.74) is 2.40. The van der Waals surface area contributed by atoms with Gasteiger partial charge in [0.25, 0.3) is 0 Å². The highest BCUT2D eigenvalue weighted by molar-refractivity contribution is 6.06. The number of halogens is 1. The van der Waals surface area contributed by atoms with Crippen LogP contribution in [0.3, 0.4) is 0 Å². The second-order valence-corrected chi connectivity index (χ2v) is 12.0. The number of hydrogen-bond donors (Lipinski definition) is 2. The van der Waals surface area contributed by atoms with Gasteiger partial charge in [-0.3, -0.25) is 4.90 Å². The minimum absolute atomic E-state index is 0.0877. The lowest BCUT2D eigenvalue weighted by atomic mass is 9.95. The summed E-state index contributed by atoms with van der Waals surface area (Å²) in [6.07, 6.45) is 9.65. The maximum atomic E-state index is 14.4. The molecule has 4 saturated heterocycles. The van der Waals surface area contributed by atoms with Crippen molar-refractivity contribution < 1.29 is 18.8 Å². The molecule has 0 aliphatic carbocycles. The number of nitrogens with one attached hydrogen (secondary N) is 1. The van der Waals surface area contributed by atoms with Crippen LogP contribution < -0.4 is 15.0 Å². The predicted molar refractivity (Wildman–Crippen MR) is 153 cm³/mol. The molecular formula is C31H31FN6O3. The van der Waals surface area contributed by atoms with E-state index in [1.165, 1.54) is 0 Å². The van der Waals surface area contributed by atoms with Crippen molar-refractivity contribution in [2.24, 2.45) is 0 Å². The van der Waals surface area contributed by atoms with Crippen LogP contribution in [-0.2, 0) is 0 Å². The zero-order valence-electron chi connectivity index (χ0n) is 22.6. The second-order valence-electron chi connectivity index (χ2n) is 12.0. The van der Waals surface area contributed by atoms with Crippen molar-refractivity contribution in [3.63, 3.8) is 0 Å². The molecule has 10 heteroatoms. The molecule has 0 amide bonds. The number of nitrogens with zero attached hydrogens (tertiary/aromatic N) is 5. The van der Waals surface area contributed by atoms with E-state index in [-0.39, 0.29) is 17.3 Å². The molecule has 2 bridgehead atoms. The van der Waals surface area contributed by atoms with Gasteiger partial charge in [-0.25, -0.2) is 4.39 Å². The Balaban J connectivity index is 1.27. The standard InChI is InChI=1S/C31H31FN6O3/c1-2-18-5-3-6-19-11-23(39)12-24(25(18)19)26-27-28(41-36-26)29(37-15-21-7-8-22(16-37)33-21)35-30(34-27)40-17-31-9-4-10-38(31)14-20(32)13-31/h1,3,5-6,11-12,20-22,33,39H,4,7-10,13-17H2/t20-,21?,22?,31+/m1/s1. The summed E-state index contributed by atoms with van der Waals surface area (Å²) in [4.78, 5) is 14.1. The van der Waals surface area contributed by atoms with Crippen molar-refractivity contribution in [1.82, 2.24) is 25.3 Å². The number of benzene rings is 2. The van der Waals surface area contributed by atoms with Gasteiger partial charge in [0.05, 0.1) is 5.54 Å². The zero-order valence-corrected chi connectivity index (χ0v) is 22.6. The number of alkyl halides is 1. The Bertz CT molecular complexity index is 1710. The molecule has 0 saturated carbocycles. The molecule has 2 aromatic carbocycles. The number of rotatable bonds is 5. The van der Waals surface area contributed by atoms with Crippen LogP contribution in [-0.4, -0.2) is 81.7 Å². The Kier molecular flexibility index (Phi) is 5.63. The van der Waals surface area contributed by atoms with Crippen LogP contribution in [0.4, 0.5) is 10.2 Å². The van der Waals surface area contributed by atoms with Crippen molar-refractivity contribution in [1.29, 1.82) is 0 Å². The molecule has 41 heavy (non-hydrogen) atoms. The lowest BCUT2D eigenvalue weighted by molar-refractivity contribution is 0.107. The number of anilines is 1. The van der Waals surface area contributed by atoms with Crippen molar-refractivity contribution in [3.8, 4) is 35.4 Å². The molecule has 210 valence electrons. The normalized spacial score (nSPS) is 27.5. The van der Waals surface area contributed by atoms with Crippen LogP contribution in [0.15, 0.2) is 34.9 Å². The van der Waals surface area contributed by atoms with E-state index in [4.69, 9.17) is 25.7 Å². The SMILES string of the molecule is C#Cc1cccc2cc(O)cc(-c3noc4c(N5CC6CCC(C5)N6)nc(OC[C@@]56CCCN5C[C@H](F)C6)nc34)c12. The summed E-state index contributed by atoms with van der Waals surface area (Å²) >= 11 is 0. The summed E-state index contributed by atoms with van der Waals surface area (Å²) < 4.78 is 26.8. The van der Waals surface area contributed by atoms with Gasteiger partial charge in [-0.1, -0.05) is 23.2 Å². The number of piperazine rings is 1. The molecule has 4 aliphatic heterocycles. The van der Waals surface area contributed by atoms with Gasteiger partial charge in [0, 0.05) is 54.7 Å². The Labute approximate surface area is 236 Å². The number of fused-ring (bicyclic) bond motifs is 5. The van der Waals surface area contributed by atoms with Gasteiger partial charge < -0.3 is 24.6 Å². The van der Waals surface area contributed by atoms with E-state index in [1.54, 1.807) is 12.1 Å². The number of terminal acetylenes is 1. The first-order chi connectivity index (χ1) is 20.0. The Morgan fingerprint density at radius 2 is 2.05 bits per heavy atom. The van der Waals surface area contributed by atoms with Crippen LogP contribution in [0.1, 0.15) is 37.7 Å². The predicted octanol–water partition coefficient (Wildman–Crippen LogP) is 4.02. The molecule has 0 spiro atoms. The number of phenols is 1. The fourth-order valence-corrected chi connectivity index (χ4v) is 7.59. The van der Waals surface area contributed by atoms with Crippen LogP contribution >= 0.6 is 0 Å². The number of aromatic nitrogens is 3. The second kappa shape index (κ2) is 9.29. The van der Waals surface area contributed by atoms with Gasteiger partial charge in [-0.05, 0) is 55.8 Å². The largest absolute Gasteiger partial charge is 0.508 e. The van der Waals surface area contributed by atoms with Gasteiger partial charge in [-0.15, -0.1) is 6.42 Å². The molecule has 2 unspecified atom stereocenters. The lowest BCUT2D eigenvalue weighted by Gasteiger charge is -2.33. The van der Waals surface area contributed by atoms with Crippen molar-refractivity contribution in [2.75, 3.05) is 37.7 Å². The third kappa shape index (κ3) is 4.02. The van der Waals surface area contributed by atoms with Crippen LogP contribution in [0, 0.1) is 12.3 Å². The highest BCUT2D eigenvalue weighted by Gasteiger charge is 2.49. The molecule has 8 rings (SSSR count). The molecule has 4 aromatic rings. The zero-order chi connectivity index (χ0) is 27.7. The first-order valence-electron chi connectivity index (χ1n) is 14.4. The maximum Gasteiger partial charge on any atom is 0.319 e. The average molecular weight is 555 g/mol. The maximum absolute atomic E-state index is 14.4. The van der Waals surface area contributed by atoms with E-state index < -0.39 is 6.17 Å². The minimum atomic E-state index is -0.844. The molecule has 4 aliphatic rings. The molecule has 2 aromatic heterocycles. The highest BCUT2D eigenvalue weighted by Crippen LogP contribution is 2.42. The summed E-state index contributed by atoms with van der Waals surface area (Å²) in [7, 11) is 0. The van der Waals surface area contributed by atoms with Crippen molar-refractivity contribution in [3.05, 3.63) is 35.9 Å². The lowest BCUT2D eigenvalue weighted by Crippen LogP contribution is -2.51. The molecule has 0 radical (unpaired) electrons. The number of ether oxygens (including phenoxy) is 1. The van der Waals surface area contributed by atoms with E-state index in [2.05, 4.69) is 26.2 Å². The smallest absolute Gasteiger partial charge is 0.319 e. The Hall–Kier alpha value is -3.94. The minimum Gasteiger partial charge on any atom is -0.508 e. The third-order valence-electron chi connectivity index (χ3n) is 9.40. The van der Waals surface area contributed by atoms with Gasteiger partial charge in [0.15, 0.2) is 5.82 Å². The molecule has 4 fully saturated rings. The fraction of sp³-hybridized carbons (Fsp3) is 0.452.